The number of ether oxygens (including phenoxy) is 2. The smallest absolute Gasteiger partial charge is 0.229 e. The van der Waals surface area contributed by atoms with Crippen molar-refractivity contribution in [2.24, 2.45) is 0 Å². The molecule has 3 N–H and O–H groups in total. The Hall–Kier alpha value is -3.33. The van der Waals surface area contributed by atoms with Gasteiger partial charge in [-0.25, -0.2) is 4.98 Å². The number of methoxy groups -OCH3 is 1. The van der Waals surface area contributed by atoms with Crippen LogP contribution in [0, 0.1) is 0 Å². The van der Waals surface area contributed by atoms with Gasteiger partial charge in [0.1, 0.15) is 18.7 Å². The van der Waals surface area contributed by atoms with Crippen molar-refractivity contribution >= 4 is 62.8 Å². The first-order valence-electron chi connectivity index (χ1n) is 15.4. The summed E-state index contributed by atoms with van der Waals surface area (Å²) in [4.78, 5) is 11.8. The number of halogens is 1. The van der Waals surface area contributed by atoms with Gasteiger partial charge in [0, 0.05) is 53.2 Å². The molecule has 0 aliphatic carbocycles. The molecule has 3 heterocycles. The van der Waals surface area contributed by atoms with Crippen molar-refractivity contribution in [1.82, 2.24) is 15.3 Å². The van der Waals surface area contributed by atoms with Crippen LogP contribution in [-0.2, 0) is 9.30 Å². The molecule has 1 aromatic heterocycles. The minimum absolute atomic E-state index is 0.302. The van der Waals surface area contributed by atoms with Crippen LogP contribution in [0.3, 0.4) is 0 Å². The molecule has 0 unspecified atom stereocenters. The van der Waals surface area contributed by atoms with E-state index in [9.17, 15) is 4.57 Å². The van der Waals surface area contributed by atoms with Crippen LogP contribution in [-0.4, -0.2) is 62.2 Å². The number of hydrogen-bond acceptors (Lipinski definition) is 9. The topological polar surface area (TPSA) is 101 Å². The molecule has 0 bridgehead atoms. The van der Waals surface area contributed by atoms with E-state index >= 15 is 0 Å². The number of allylic oxidation sites excluding steroid dienone is 2. The molecule has 0 spiro atoms. The van der Waals surface area contributed by atoms with E-state index in [1.807, 2.05) is 24.3 Å². The van der Waals surface area contributed by atoms with Crippen LogP contribution in [0.2, 0.25) is 0 Å². The Morgan fingerprint density at radius 1 is 1.20 bits per heavy atom. The first-order valence-corrected chi connectivity index (χ1v) is 18.8. The first kappa shape index (κ1) is 33.0. The van der Waals surface area contributed by atoms with Crippen LogP contribution in [0.1, 0.15) is 46.1 Å². The van der Waals surface area contributed by atoms with E-state index in [0.29, 0.717) is 47.3 Å². The van der Waals surface area contributed by atoms with Crippen molar-refractivity contribution < 1.29 is 14.0 Å². The van der Waals surface area contributed by atoms with Gasteiger partial charge >= 0.3 is 0 Å². The van der Waals surface area contributed by atoms with E-state index in [4.69, 9.17) is 14.5 Å². The number of hydrogen-bond donors (Lipinski definition) is 3. The number of para-hydroxylation sites is 1. The maximum atomic E-state index is 13.0. The van der Waals surface area contributed by atoms with Gasteiger partial charge in [-0.3, -0.25) is 0 Å². The minimum atomic E-state index is -2.52. The number of nitrogens with one attached hydrogen (secondary N) is 3. The molecular weight excluding hydrogens is 651 g/mol. The molecule has 2 aliphatic heterocycles. The zero-order chi connectivity index (χ0) is 32.3. The van der Waals surface area contributed by atoms with Gasteiger partial charge < -0.3 is 34.9 Å². The zero-order valence-electron chi connectivity index (χ0n) is 27.2. The lowest BCUT2D eigenvalue weighted by Crippen LogP contribution is -2.43. The summed E-state index contributed by atoms with van der Waals surface area (Å²) in [7, 11) is -0.837. The van der Waals surface area contributed by atoms with Gasteiger partial charge in [-0.1, -0.05) is 24.6 Å². The summed E-state index contributed by atoms with van der Waals surface area (Å²) >= 11 is 3.59. The molecule has 2 aliphatic rings. The Balaban J connectivity index is 1.58. The van der Waals surface area contributed by atoms with Gasteiger partial charge in [0.2, 0.25) is 5.95 Å². The number of aromatic nitrogens is 2. The summed E-state index contributed by atoms with van der Waals surface area (Å²) in [5.41, 5.74) is 7.68. The van der Waals surface area contributed by atoms with Crippen LogP contribution >= 0.6 is 23.1 Å². The molecule has 240 valence electrons. The molecule has 0 amide bonds. The summed E-state index contributed by atoms with van der Waals surface area (Å²) in [5, 5.41) is 11.2. The maximum absolute atomic E-state index is 13.0. The van der Waals surface area contributed by atoms with Crippen molar-refractivity contribution in [3.63, 3.8) is 0 Å². The lowest BCUT2D eigenvalue weighted by atomic mass is 9.91. The van der Waals surface area contributed by atoms with E-state index < -0.39 is 7.14 Å². The monoisotopic (exact) mass is 694 g/mol. The predicted molar refractivity (Wildman–Crippen MR) is 191 cm³/mol. The highest BCUT2D eigenvalue weighted by Gasteiger charge is 2.28. The molecule has 0 radical (unpaired) electrons. The lowest BCUT2D eigenvalue weighted by Gasteiger charge is -2.30. The van der Waals surface area contributed by atoms with E-state index in [1.54, 1.807) is 26.6 Å². The molecule has 1 saturated heterocycles. The molecule has 1 fully saturated rings. The molecule has 2 aromatic carbocycles. The lowest BCUT2D eigenvalue weighted by molar-refractivity contribution is 0.000829. The fourth-order valence-electron chi connectivity index (χ4n) is 5.64. The quantitative estimate of drug-likeness (QED) is 0.185. The Morgan fingerprint density at radius 3 is 2.60 bits per heavy atom. The Kier molecular flexibility index (Phi) is 10.3. The minimum Gasteiger partial charge on any atom is -0.494 e. The van der Waals surface area contributed by atoms with Gasteiger partial charge in [-0.05, 0) is 86.6 Å². The molecule has 5 rings (SSSR count). The number of fused-ring (bicyclic) bond motifs is 1. The van der Waals surface area contributed by atoms with E-state index in [2.05, 4.69) is 87.8 Å². The normalized spacial score (nSPS) is 17.4. The van der Waals surface area contributed by atoms with E-state index in [0.717, 1.165) is 47.3 Å². The SMILES string of the molecule is CC/C(C)=C1\CCN(C(C)C)c2cc(OC)c(Nc3ncc(Br)c(Nc4ccccc4P(C)(C)=O)n3)cc2\C1=C\NC1COC1. The van der Waals surface area contributed by atoms with Gasteiger partial charge in [0.25, 0.3) is 0 Å². The molecule has 11 heteroatoms. The van der Waals surface area contributed by atoms with Crippen LogP contribution in [0.15, 0.2) is 64.4 Å². The molecule has 9 nitrogen and oxygen atoms in total. The maximum Gasteiger partial charge on any atom is 0.229 e. The number of rotatable bonds is 10. The largest absolute Gasteiger partial charge is 0.494 e. The second-order valence-electron chi connectivity index (χ2n) is 12.2. The third kappa shape index (κ3) is 7.40. The average molecular weight is 696 g/mol. The van der Waals surface area contributed by atoms with Gasteiger partial charge in [0.15, 0.2) is 0 Å². The summed E-state index contributed by atoms with van der Waals surface area (Å²) in [6.07, 6.45) is 5.81. The second-order valence-corrected chi connectivity index (χ2v) is 16.2. The first-order chi connectivity index (χ1) is 21.5. The number of benzene rings is 2. The highest BCUT2D eigenvalue weighted by Crippen LogP contribution is 2.45. The standard InChI is InChI=1S/C34H44BrN6O3P/c1-8-22(4)24-13-14-41(21(2)3)30-16-31(43-5)29(15-25(30)26(24)17-36-23-19-44-20-23)39-34-37-18-27(35)33(40-34)38-28-11-9-10-12-32(28)45(6,7)42/h9-12,15-18,21,23,36H,8,13-14,19-20H2,1-7H3,(H2,37,38,39,40)/b24-22+,26-17+. The summed E-state index contributed by atoms with van der Waals surface area (Å²) in [6.45, 7) is 14.8. The summed E-state index contributed by atoms with van der Waals surface area (Å²) in [5.74, 6) is 1.66. The Labute approximate surface area is 275 Å². The van der Waals surface area contributed by atoms with E-state index in [-0.39, 0.29) is 0 Å². The van der Waals surface area contributed by atoms with Gasteiger partial charge in [-0.2, -0.15) is 4.98 Å². The third-order valence-electron chi connectivity index (χ3n) is 8.34. The van der Waals surface area contributed by atoms with Crippen molar-refractivity contribution in [2.45, 2.75) is 52.6 Å². The fourth-order valence-corrected chi connectivity index (χ4v) is 7.09. The Morgan fingerprint density at radius 2 is 1.96 bits per heavy atom. The van der Waals surface area contributed by atoms with Crippen molar-refractivity contribution in [1.29, 1.82) is 0 Å². The van der Waals surface area contributed by atoms with Gasteiger partial charge in [-0.15, -0.1) is 0 Å². The van der Waals surface area contributed by atoms with Crippen LogP contribution in [0.25, 0.3) is 5.57 Å². The average Bonchev–Trinajstić information content (AvgIpc) is 3.13. The number of anilines is 5. The van der Waals surface area contributed by atoms with Crippen LogP contribution in [0.5, 0.6) is 5.75 Å². The van der Waals surface area contributed by atoms with Crippen molar-refractivity contribution in [3.8, 4) is 5.75 Å². The fraction of sp³-hybridized carbons (Fsp3) is 0.412. The highest BCUT2D eigenvalue weighted by atomic mass is 79.9. The van der Waals surface area contributed by atoms with Crippen molar-refractivity contribution in [3.05, 3.63) is 70.0 Å². The van der Waals surface area contributed by atoms with Crippen molar-refractivity contribution in [2.75, 3.05) is 55.7 Å². The van der Waals surface area contributed by atoms with Crippen LogP contribution in [0.4, 0.5) is 28.8 Å². The molecule has 0 atom stereocenters. The van der Waals surface area contributed by atoms with E-state index in [1.165, 1.54) is 16.7 Å². The predicted octanol–water partition coefficient (Wildman–Crippen LogP) is 7.66. The van der Waals surface area contributed by atoms with Crippen LogP contribution < -0.4 is 30.9 Å². The molecule has 3 aromatic rings. The highest BCUT2D eigenvalue weighted by molar-refractivity contribution is 9.10. The third-order valence-corrected chi connectivity index (χ3v) is 10.5. The Bertz CT molecular complexity index is 1660. The molecule has 45 heavy (non-hydrogen) atoms. The molecule has 0 saturated carbocycles. The number of nitrogens with zero attached hydrogens (tertiary/aromatic N) is 3. The van der Waals surface area contributed by atoms with Gasteiger partial charge in [0.05, 0.1) is 42.2 Å². The molecular formula is C34H44BrN6O3P. The summed E-state index contributed by atoms with van der Waals surface area (Å²) in [6, 6.07) is 12.5. The summed E-state index contributed by atoms with van der Waals surface area (Å²) < 4.78 is 25.0. The zero-order valence-corrected chi connectivity index (χ0v) is 29.7. The second kappa shape index (κ2) is 14.0.